The van der Waals surface area contributed by atoms with E-state index < -0.39 is 0 Å². The average molecular weight is 431 g/mol. The van der Waals surface area contributed by atoms with Gasteiger partial charge in [0.25, 0.3) is 0 Å². The van der Waals surface area contributed by atoms with Gasteiger partial charge in [-0.15, -0.1) is 0 Å². The largest absolute Gasteiger partial charge is 0.496 e. The zero-order valence-electron chi connectivity index (χ0n) is 18.6. The second kappa shape index (κ2) is 8.25. The summed E-state index contributed by atoms with van der Waals surface area (Å²) < 4.78 is 5.60. The normalized spacial score (nSPS) is 21.1. The van der Waals surface area contributed by atoms with Gasteiger partial charge < -0.3 is 10.1 Å². The Morgan fingerprint density at radius 3 is 2.61 bits per heavy atom. The standard InChI is InChI=1S/C30H26N2O/c1-33-29-18-15-20-7-2-3-8-23(20)27(29)19-31-22-16-13-21(14-17-22)30-26-11-6-10-24(26)25-9-4-5-12-28(25)32-30/h2-10,12-19,24,26,30,32H,11H2,1H3/t24-,26-,30+/m1/s1. The van der Waals surface area contributed by atoms with Gasteiger partial charge in [0.1, 0.15) is 5.75 Å². The zero-order chi connectivity index (χ0) is 22.2. The lowest BCUT2D eigenvalue weighted by molar-refractivity contribution is 0.415. The molecule has 1 aliphatic carbocycles. The lowest BCUT2D eigenvalue weighted by atomic mass is 9.77. The minimum atomic E-state index is 0.302. The highest BCUT2D eigenvalue weighted by atomic mass is 16.5. The van der Waals surface area contributed by atoms with E-state index in [9.17, 15) is 0 Å². The Morgan fingerprint density at radius 2 is 1.73 bits per heavy atom. The number of benzene rings is 4. The lowest BCUT2D eigenvalue weighted by Gasteiger charge is -2.37. The minimum absolute atomic E-state index is 0.302. The molecule has 4 aromatic rings. The van der Waals surface area contributed by atoms with E-state index in [1.807, 2.05) is 18.3 Å². The number of rotatable bonds is 4. The van der Waals surface area contributed by atoms with Crippen molar-refractivity contribution < 1.29 is 4.74 Å². The summed E-state index contributed by atoms with van der Waals surface area (Å²) in [5.74, 6) is 1.87. The average Bonchev–Trinajstić information content (AvgIpc) is 3.37. The number of ether oxygens (including phenoxy) is 1. The fourth-order valence-corrected chi connectivity index (χ4v) is 5.37. The van der Waals surface area contributed by atoms with Gasteiger partial charge in [0, 0.05) is 23.4 Å². The number of fused-ring (bicyclic) bond motifs is 4. The SMILES string of the molecule is COc1ccc2ccccc2c1C=Nc1ccc([C@@H]2Nc3ccccc3[C@H]3C=CC[C@H]32)cc1. The van der Waals surface area contributed by atoms with Crippen molar-refractivity contribution in [3.05, 3.63) is 114 Å². The van der Waals surface area contributed by atoms with Crippen molar-refractivity contribution in [2.24, 2.45) is 10.9 Å². The molecule has 1 heterocycles. The number of aliphatic imine (C=N–C) groups is 1. The molecular weight excluding hydrogens is 404 g/mol. The van der Waals surface area contributed by atoms with Crippen LogP contribution in [-0.4, -0.2) is 13.3 Å². The van der Waals surface area contributed by atoms with Gasteiger partial charge in [-0.2, -0.15) is 0 Å². The van der Waals surface area contributed by atoms with Gasteiger partial charge in [-0.05, 0) is 58.5 Å². The van der Waals surface area contributed by atoms with Gasteiger partial charge in [0.15, 0.2) is 0 Å². The van der Waals surface area contributed by atoms with Crippen LogP contribution in [0.1, 0.15) is 35.1 Å². The topological polar surface area (TPSA) is 33.6 Å². The number of nitrogens with one attached hydrogen (secondary N) is 1. The van der Waals surface area contributed by atoms with Crippen LogP contribution in [0.2, 0.25) is 0 Å². The smallest absolute Gasteiger partial charge is 0.128 e. The molecule has 0 saturated carbocycles. The molecule has 0 unspecified atom stereocenters. The molecule has 3 nitrogen and oxygen atoms in total. The van der Waals surface area contributed by atoms with Crippen LogP contribution in [0, 0.1) is 5.92 Å². The summed E-state index contributed by atoms with van der Waals surface area (Å²) >= 11 is 0. The molecule has 0 amide bonds. The molecule has 2 aliphatic rings. The van der Waals surface area contributed by atoms with Gasteiger partial charge in [0.2, 0.25) is 0 Å². The molecule has 33 heavy (non-hydrogen) atoms. The molecule has 1 N–H and O–H groups in total. The Balaban J connectivity index is 1.29. The first-order chi connectivity index (χ1) is 16.3. The van der Waals surface area contributed by atoms with Gasteiger partial charge in [0.05, 0.1) is 18.8 Å². The van der Waals surface area contributed by atoms with Crippen LogP contribution < -0.4 is 10.1 Å². The van der Waals surface area contributed by atoms with Crippen molar-refractivity contribution in [1.29, 1.82) is 0 Å². The number of hydrogen-bond acceptors (Lipinski definition) is 3. The highest BCUT2D eigenvalue weighted by Crippen LogP contribution is 2.49. The molecule has 0 fully saturated rings. The van der Waals surface area contributed by atoms with Crippen LogP contribution in [0.5, 0.6) is 5.75 Å². The summed E-state index contributed by atoms with van der Waals surface area (Å²) in [6, 6.07) is 30.1. The maximum Gasteiger partial charge on any atom is 0.128 e. The third-order valence-electron chi connectivity index (χ3n) is 7.02. The summed E-state index contributed by atoms with van der Waals surface area (Å²) in [4.78, 5) is 4.79. The highest BCUT2D eigenvalue weighted by Gasteiger charge is 2.37. The first-order valence-electron chi connectivity index (χ1n) is 11.5. The van der Waals surface area contributed by atoms with E-state index in [1.54, 1.807) is 7.11 Å². The Labute approximate surface area is 194 Å². The van der Waals surface area contributed by atoms with Crippen molar-refractivity contribution in [3.8, 4) is 5.75 Å². The summed E-state index contributed by atoms with van der Waals surface area (Å²) in [6.07, 6.45) is 7.75. The predicted octanol–water partition coefficient (Wildman–Crippen LogP) is 7.43. The lowest BCUT2D eigenvalue weighted by Crippen LogP contribution is -2.28. The van der Waals surface area contributed by atoms with Crippen LogP contribution in [0.4, 0.5) is 11.4 Å². The van der Waals surface area contributed by atoms with E-state index in [-0.39, 0.29) is 0 Å². The van der Waals surface area contributed by atoms with Gasteiger partial charge in [-0.25, -0.2) is 0 Å². The quantitative estimate of drug-likeness (QED) is 0.270. The molecule has 0 spiro atoms. The number of anilines is 1. The van der Waals surface area contributed by atoms with Crippen molar-refractivity contribution in [1.82, 2.24) is 0 Å². The number of para-hydroxylation sites is 1. The Bertz CT molecular complexity index is 1370. The Morgan fingerprint density at radius 1 is 0.909 bits per heavy atom. The summed E-state index contributed by atoms with van der Waals surface area (Å²) in [7, 11) is 1.71. The monoisotopic (exact) mass is 430 g/mol. The molecular formula is C30H26N2O. The molecule has 1 aliphatic heterocycles. The molecule has 0 radical (unpaired) electrons. The van der Waals surface area contributed by atoms with Crippen molar-refractivity contribution >= 4 is 28.4 Å². The van der Waals surface area contributed by atoms with Crippen molar-refractivity contribution in [2.75, 3.05) is 12.4 Å². The van der Waals surface area contributed by atoms with Crippen LogP contribution in [-0.2, 0) is 0 Å². The summed E-state index contributed by atoms with van der Waals surface area (Å²) in [5.41, 5.74) is 5.92. The molecule has 0 bridgehead atoms. The van der Waals surface area contributed by atoms with Crippen molar-refractivity contribution in [3.63, 3.8) is 0 Å². The minimum Gasteiger partial charge on any atom is -0.496 e. The maximum atomic E-state index is 5.60. The fraction of sp³-hybridized carbons (Fsp3) is 0.167. The van der Waals surface area contributed by atoms with E-state index >= 15 is 0 Å². The van der Waals surface area contributed by atoms with E-state index in [0.717, 1.165) is 28.8 Å². The predicted molar refractivity (Wildman–Crippen MR) is 137 cm³/mol. The van der Waals surface area contributed by atoms with E-state index in [1.165, 1.54) is 22.2 Å². The first kappa shape index (κ1) is 19.8. The Kier molecular flexibility index (Phi) is 4.95. The number of methoxy groups -OCH3 is 1. The first-order valence-corrected chi connectivity index (χ1v) is 11.5. The van der Waals surface area contributed by atoms with Crippen LogP contribution in [0.15, 0.2) is 102 Å². The second-order valence-corrected chi connectivity index (χ2v) is 8.82. The van der Waals surface area contributed by atoms with Gasteiger partial charge in [-0.3, -0.25) is 4.99 Å². The number of nitrogens with zero attached hydrogens (tertiary/aromatic N) is 1. The summed E-state index contributed by atoms with van der Waals surface area (Å²) in [6.45, 7) is 0. The third-order valence-corrected chi connectivity index (χ3v) is 7.02. The van der Waals surface area contributed by atoms with E-state index in [4.69, 9.17) is 9.73 Å². The van der Waals surface area contributed by atoms with E-state index in [0.29, 0.717) is 17.9 Å². The Hall–Kier alpha value is -3.85. The maximum absolute atomic E-state index is 5.60. The van der Waals surface area contributed by atoms with Gasteiger partial charge in [-0.1, -0.05) is 72.8 Å². The fourth-order valence-electron chi connectivity index (χ4n) is 5.37. The van der Waals surface area contributed by atoms with Crippen LogP contribution >= 0.6 is 0 Å². The number of hydrogen-bond donors (Lipinski definition) is 1. The second-order valence-electron chi connectivity index (χ2n) is 8.82. The molecule has 4 aromatic carbocycles. The van der Waals surface area contributed by atoms with Gasteiger partial charge >= 0.3 is 0 Å². The third kappa shape index (κ3) is 3.50. The molecule has 0 saturated heterocycles. The molecule has 6 rings (SSSR count). The van der Waals surface area contributed by atoms with Crippen LogP contribution in [0.25, 0.3) is 10.8 Å². The summed E-state index contributed by atoms with van der Waals surface area (Å²) in [5, 5.41) is 6.12. The highest BCUT2D eigenvalue weighted by molar-refractivity contribution is 6.03. The molecule has 3 heteroatoms. The zero-order valence-corrected chi connectivity index (χ0v) is 18.6. The van der Waals surface area contributed by atoms with Crippen LogP contribution in [0.3, 0.4) is 0 Å². The molecule has 3 atom stereocenters. The van der Waals surface area contributed by atoms with E-state index in [2.05, 4.69) is 90.3 Å². The molecule has 0 aromatic heterocycles. The molecule has 162 valence electrons. The van der Waals surface area contributed by atoms with Crippen molar-refractivity contribution in [2.45, 2.75) is 18.4 Å². The number of allylic oxidation sites excluding steroid dienone is 2.